The fraction of sp³-hybridized carbons (Fsp3) is 0. The van der Waals surface area contributed by atoms with Crippen LogP contribution in [0, 0.1) is 3.57 Å². The number of nitrogens with zero attached hydrogens (tertiary/aromatic N) is 1. The first-order valence-electron chi connectivity index (χ1n) is 3.36. The van der Waals surface area contributed by atoms with Crippen LogP contribution < -0.4 is 0 Å². The molecule has 0 unspecified atom stereocenters. The van der Waals surface area contributed by atoms with Crippen molar-refractivity contribution in [2.24, 2.45) is 0 Å². The van der Waals surface area contributed by atoms with Gasteiger partial charge in [0.1, 0.15) is 0 Å². The Morgan fingerprint density at radius 2 is 2.09 bits per heavy atom. The Bertz CT molecular complexity index is 379. The summed E-state index contributed by atoms with van der Waals surface area (Å²) in [7, 11) is 0. The summed E-state index contributed by atoms with van der Waals surface area (Å²) in [5.74, 6) is 0. The Hall–Kier alpha value is -0.640. The maximum absolute atomic E-state index is 4.07. The quantitative estimate of drug-likeness (QED) is 0.659. The highest BCUT2D eigenvalue weighted by atomic mass is 127. The largest absolute Gasteiger partial charge is 0.264 e. The molecule has 0 N–H and O–H groups in total. The Kier molecular flexibility index (Phi) is 1.77. The van der Waals surface area contributed by atoms with Gasteiger partial charge in [-0.1, -0.05) is 12.1 Å². The number of pyridine rings is 1. The van der Waals surface area contributed by atoms with Crippen LogP contribution in [-0.2, 0) is 0 Å². The molecule has 0 saturated heterocycles. The summed E-state index contributed by atoms with van der Waals surface area (Å²) < 4.78 is 1.26. The van der Waals surface area contributed by atoms with Crippen molar-refractivity contribution in [1.29, 1.82) is 0 Å². The minimum atomic E-state index is 1.23. The number of rotatable bonds is 0. The highest BCUT2D eigenvalue weighted by Gasteiger charge is 1.94. The Balaban J connectivity index is 2.91. The lowest BCUT2D eigenvalue weighted by molar-refractivity contribution is 1.36. The maximum atomic E-state index is 4.07. The van der Waals surface area contributed by atoms with Crippen LogP contribution >= 0.6 is 22.6 Å². The van der Waals surface area contributed by atoms with Crippen molar-refractivity contribution in [3.05, 3.63) is 40.2 Å². The Morgan fingerprint density at radius 3 is 2.91 bits per heavy atom. The number of aromatic nitrogens is 1. The summed E-state index contributed by atoms with van der Waals surface area (Å²) in [5, 5.41) is 2.49. The van der Waals surface area contributed by atoms with Crippen LogP contribution in [0.5, 0.6) is 0 Å². The van der Waals surface area contributed by atoms with E-state index in [1.54, 1.807) is 0 Å². The summed E-state index contributed by atoms with van der Waals surface area (Å²) in [6.07, 6.45) is 3.72. The molecule has 0 spiro atoms. The first-order chi connectivity index (χ1) is 5.38. The molecule has 54 valence electrons. The normalized spacial score (nSPS) is 10.3. The fourth-order valence-electron chi connectivity index (χ4n) is 1.08. The SMILES string of the molecule is Ic1cccc2ccncc12. The molecule has 1 heterocycles. The molecule has 2 aromatic rings. The molecule has 1 aromatic carbocycles. The molecule has 0 aliphatic carbocycles. The topological polar surface area (TPSA) is 12.9 Å². The van der Waals surface area contributed by atoms with Crippen LogP contribution in [-0.4, -0.2) is 4.98 Å². The highest BCUT2D eigenvalue weighted by Crippen LogP contribution is 2.18. The molecule has 0 fully saturated rings. The number of fused-ring (bicyclic) bond motifs is 1. The molecule has 2 rings (SSSR count). The van der Waals surface area contributed by atoms with E-state index in [1.807, 2.05) is 18.5 Å². The molecule has 0 bridgehead atoms. The summed E-state index contributed by atoms with van der Waals surface area (Å²) >= 11 is 2.32. The summed E-state index contributed by atoms with van der Waals surface area (Å²) in [6, 6.07) is 8.27. The molecule has 0 radical (unpaired) electrons. The fourth-order valence-corrected chi connectivity index (χ4v) is 1.73. The van der Waals surface area contributed by atoms with Crippen molar-refractivity contribution in [2.45, 2.75) is 0 Å². The second-order valence-electron chi connectivity index (χ2n) is 2.34. The predicted octanol–water partition coefficient (Wildman–Crippen LogP) is 2.84. The molecule has 1 nitrogen and oxygen atoms in total. The van der Waals surface area contributed by atoms with E-state index in [4.69, 9.17) is 0 Å². The van der Waals surface area contributed by atoms with Crippen LogP contribution in [0.4, 0.5) is 0 Å². The average Bonchev–Trinajstić information content (AvgIpc) is 2.06. The first kappa shape index (κ1) is 7.03. The summed E-state index contributed by atoms with van der Waals surface area (Å²) in [4.78, 5) is 4.07. The van der Waals surface area contributed by atoms with Crippen LogP contribution in [0.1, 0.15) is 0 Å². The minimum absolute atomic E-state index is 1.23. The Labute approximate surface area is 78.6 Å². The molecule has 0 amide bonds. The molecule has 11 heavy (non-hydrogen) atoms. The van der Waals surface area contributed by atoms with E-state index in [2.05, 4.69) is 45.8 Å². The van der Waals surface area contributed by atoms with Gasteiger partial charge in [0.15, 0.2) is 0 Å². The van der Waals surface area contributed by atoms with Gasteiger partial charge in [0.2, 0.25) is 0 Å². The second-order valence-corrected chi connectivity index (χ2v) is 3.50. The summed E-state index contributed by atoms with van der Waals surface area (Å²) in [6.45, 7) is 0. The van der Waals surface area contributed by atoms with Gasteiger partial charge in [0.25, 0.3) is 0 Å². The van der Waals surface area contributed by atoms with Crippen molar-refractivity contribution in [3.8, 4) is 0 Å². The van der Waals surface area contributed by atoms with Gasteiger partial charge in [-0.25, -0.2) is 0 Å². The van der Waals surface area contributed by atoms with Crippen LogP contribution in [0.25, 0.3) is 10.8 Å². The van der Waals surface area contributed by atoms with Gasteiger partial charge in [-0.05, 0) is 40.1 Å². The number of hydrogen-bond donors (Lipinski definition) is 0. The number of hydrogen-bond acceptors (Lipinski definition) is 1. The summed E-state index contributed by atoms with van der Waals surface area (Å²) in [5.41, 5.74) is 0. The first-order valence-corrected chi connectivity index (χ1v) is 4.44. The third-order valence-electron chi connectivity index (χ3n) is 1.63. The predicted molar refractivity (Wildman–Crippen MR) is 54.5 cm³/mol. The van der Waals surface area contributed by atoms with Crippen LogP contribution in [0.15, 0.2) is 36.7 Å². The molecular formula is C9H6IN. The van der Waals surface area contributed by atoms with E-state index in [0.29, 0.717) is 0 Å². The second kappa shape index (κ2) is 2.77. The van der Waals surface area contributed by atoms with Gasteiger partial charge in [0.05, 0.1) is 0 Å². The van der Waals surface area contributed by atoms with Crippen molar-refractivity contribution >= 4 is 33.4 Å². The molecule has 1 aromatic heterocycles. The highest BCUT2D eigenvalue weighted by molar-refractivity contribution is 14.1. The van der Waals surface area contributed by atoms with Gasteiger partial charge >= 0.3 is 0 Å². The lowest BCUT2D eigenvalue weighted by Gasteiger charge is -1.96. The van der Waals surface area contributed by atoms with Crippen molar-refractivity contribution in [2.75, 3.05) is 0 Å². The van der Waals surface area contributed by atoms with Gasteiger partial charge in [0, 0.05) is 21.4 Å². The van der Waals surface area contributed by atoms with E-state index in [-0.39, 0.29) is 0 Å². The average molecular weight is 255 g/mol. The lowest BCUT2D eigenvalue weighted by atomic mass is 10.2. The zero-order valence-corrected chi connectivity index (χ0v) is 7.95. The third-order valence-corrected chi connectivity index (χ3v) is 2.57. The molecular weight excluding hydrogens is 249 g/mol. The maximum Gasteiger partial charge on any atom is 0.0356 e. The van der Waals surface area contributed by atoms with Gasteiger partial charge in [-0.3, -0.25) is 4.98 Å². The van der Waals surface area contributed by atoms with Gasteiger partial charge in [-0.15, -0.1) is 0 Å². The van der Waals surface area contributed by atoms with E-state index < -0.39 is 0 Å². The van der Waals surface area contributed by atoms with Crippen molar-refractivity contribution in [3.63, 3.8) is 0 Å². The van der Waals surface area contributed by atoms with Crippen molar-refractivity contribution in [1.82, 2.24) is 4.98 Å². The minimum Gasteiger partial charge on any atom is -0.264 e. The van der Waals surface area contributed by atoms with Crippen molar-refractivity contribution < 1.29 is 0 Å². The molecule has 0 aliphatic heterocycles. The van der Waals surface area contributed by atoms with E-state index >= 15 is 0 Å². The third kappa shape index (κ3) is 1.22. The lowest BCUT2D eigenvalue weighted by Crippen LogP contribution is -1.77. The van der Waals surface area contributed by atoms with Crippen LogP contribution in [0.2, 0.25) is 0 Å². The monoisotopic (exact) mass is 255 g/mol. The Morgan fingerprint density at radius 1 is 1.18 bits per heavy atom. The van der Waals surface area contributed by atoms with E-state index in [9.17, 15) is 0 Å². The van der Waals surface area contributed by atoms with E-state index in [1.165, 1.54) is 14.3 Å². The molecule has 0 atom stereocenters. The van der Waals surface area contributed by atoms with E-state index in [0.717, 1.165) is 0 Å². The number of benzene rings is 1. The standard InChI is InChI=1S/C9H6IN/c10-9-3-1-2-7-4-5-11-6-8(7)9/h1-6H. The van der Waals surface area contributed by atoms with Gasteiger partial charge < -0.3 is 0 Å². The zero-order chi connectivity index (χ0) is 7.68. The zero-order valence-electron chi connectivity index (χ0n) is 5.79. The smallest absolute Gasteiger partial charge is 0.0356 e. The van der Waals surface area contributed by atoms with Crippen LogP contribution in [0.3, 0.4) is 0 Å². The molecule has 0 saturated carbocycles. The van der Waals surface area contributed by atoms with Gasteiger partial charge in [-0.2, -0.15) is 0 Å². The molecule has 0 aliphatic rings. The molecule has 2 heteroatoms. The number of halogens is 1.